The maximum absolute atomic E-state index is 13.7. The number of nitrogens with one attached hydrogen (secondary N) is 2. The van der Waals surface area contributed by atoms with Crippen molar-refractivity contribution in [3.05, 3.63) is 95.1 Å². The third kappa shape index (κ3) is 4.23. The van der Waals surface area contributed by atoms with Crippen LogP contribution in [0.5, 0.6) is 0 Å². The van der Waals surface area contributed by atoms with E-state index in [0.717, 1.165) is 29.8 Å². The minimum Gasteiger partial charge on any atom is -0.322 e. The second-order valence-corrected chi connectivity index (χ2v) is 6.09. The first-order chi connectivity index (χ1) is 13.5. The van der Waals surface area contributed by atoms with E-state index in [-0.39, 0.29) is 11.5 Å². The summed E-state index contributed by atoms with van der Waals surface area (Å²) in [5, 5.41) is 5.05. The van der Waals surface area contributed by atoms with Crippen molar-refractivity contribution in [1.82, 2.24) is 0 Å². The highest BCUT2D eigenvalue weighted by atomic mass is 19.1. The maximum atomic E-state index is 13.7. The summed E-state index contributed by atoms with van der Waals surface area (Å²) in [6, 6.07) is 16.6. The first-order valence-corrected chi connectivity index (χ1v) is 8.74. The number of hydrogen-bond acceptors (Lipinski definition) is 2. The Morgan fingerprint density at radius 2 is 1.29 bits per heavy atom. The zero-order valence-electron chi connectivity index (χ0n) is 15.1. The van der Waals surface area contributed by atoms with Crippen molar-refractivity contribution in [2.75, 3.05) is 10.6 Å². The molecule has 142 valence electrons. The monoisotopic (exact) mass is 380 g/mol. The molecule has 0 aromatic heterocycles. The highest BCUT2D eigenvalue weighted by molar-refractivity contribution is 6.07. The Morgan fingerprint density at radius 1 is 0.750 bits per heavy atom. The molecule has 0 bridgehead atoms. The number of benzene rings is 3. The van der Waals surface area contributed by atoms with Gasteiger partial charge >= 0.3 is 0 Å². The molecule has 0 saturated carbocycles. The molecule has 0 atom stereocenters. The van der Waals surface area contributed by atoms with Crippen molar-refractivity contribution in [2.24, 2.45) is 0 Å². The third-order valence-corrected chi connectivity index (χ3v) is 4.26. The van der Waals surface area contributed by atoms with Crippen LogP contribution in [0.15, 0.2) is 66.7 Å². The van der Waals surface area contributed by atoms with Gasteiger partial charge in [-0.3, -0.25) is 9.59 Å². The molecular weight excluding hydrogens is 362 g/mol. The molecule has 28 heavy (non-hydrogen) atoms. The molecule has 2 N–H and O–H groups in total. The van der Waals surface area contributed by atoms with Crippen LogP contribution in [0.4, 0.5) is 20.2 Å². The van der Waals surface area contributed by atoms with Crippen molar-refractivity contribution in [3.63, 3.8) is 0 Å². The molecule has 0 fully saturated rings. The summed E-state index contributed by atoms with van der Waals surface area (Å²) in [7, 11) is 0. The van der Waals surface area contributed by atoms with E-state index in [0.29, 0.717) is 5.56 Å². The summed E-state index contributed by atoms with van der Waals surface area (Å²) >= 11 is 0. The molecule has 3 aromatic carbocycles. The van der Waals surface area contributed by atoms with E-state index in [1.165, 1.54) is 30.3 Å². The number of rotatable bonds is 5. The van der Waals surface area contributed by atoms with E-state index >= 15 is 0 Å². The van der Waals surface area contributed by atoms with Crippen LogP contribution in [0.2, 0.25) is 0 Å². The van der Waals surface area contributed by atoms with Crippen LogP contribution in [0.1, 0.15) is 33.2 Å². The van der Waals surface area contributed by atoms with Gasteiger partial charge in [0.2, 0.25) is 0 Å². The maximum Gasteiger partial charge on any atom is 0.255 e. The average molecular weight is 380 g/mol. The summed E-state index contributed by atoms with van der Waals surface area (Å²) in [5.74, 6) is -2.71. The Kier molecular flexibility index (Phi) is 5.79. The van der Waals surface area contributed by atoms with E-state index in [4.69, 9.17) is 0 Å². The second-order valence-electron chi connectivity index (χ2n) is 6.09. The fourth-order valence-electron chi connectivity index (χ4n) is 2.72. The predicted molar refractivity (Wildman–Crippen MR) is 105 cm³/mol. The Labute approximate surface area is 161 Å². The van der Waals surface area contributed by atoms with Gasteiger partial charge in [-0.15, -0.1) is 0 Å². The van der Waals surface area contributed by atoms with Crippen LogP contribution in [0.3, 0.4) is 0 Å². The average Bonchev–Trinajstić information content (AvgIpc) is 2.71. The lowest BCUT2D eigenvalue weighted by molar-refractivity contribution is 0.101. The highest BCUT2D eigenvalue weighted by Crippen LogP contribution is 2.20. The van der Waals surface area contributed by atoms with Crippen molar-refractivity contribution in [2.45, 2.75) is 13.3 Å². The molecule has 0 aliphatic heterocycles. The Balaban J connectivity index is 1.72. The lowest BCUT2D eigenvalue weighted by atomic mass is 10.1. The first-order valence-electron chi connectivity index (χ1n) is 8.74. The van der Waals surface area contributed by atoms with Crippen LogP contribution in [0.25, 0.3) is 0 Å². The molecule has 0 spiro atoms. The third-order valence-electron chi connectivity index (χ3n) is 4.26. The molecule has 0 saturated heterocycles. The van der Waals surface area contributed by atoms with Gasteiger partial charge in [-0.2, -0.15) is 0 Å². The van der Waals surface area contributed by atoms with Gasteiger partial charge in [-0.05, 0) is 54.4 Å². The number of anilines is 2. The van der Waals surface area contributed by atoms with Gasteiger partial charge in [0, 0.05) is 16.8 Å². The van der Waals surface area contributed by atoms with Gasteiger partial charge in [-0.1, -0.05) is 31.2 Å². The zero-order valence-corrected chi connectivity index (χ0v) is 15.1. The van der Waals surface area contributed by atoms with E-state index in [1.807, 2.05) is 31.2 Å². The standard InChI is InChI=1S/C22H18F2N2O2/c1-2-14-6-3-4-9-19(14)25-21(27)15-10-12-16(13-11-15)22(28)26-20-17(23)7-5-8-18(20)24/h3-13H,2H2,1H3,(H,25,27)(H,26,28). The van der Waals surface area contributed by atoms with E-state index in [9.17, 15) is 18.4 Å². The van der Waals surface area contributed by atoms with E-state index in [2.05, 4.69) is 10.6 Å². The SMILES string of the molecule is CCc1ccccc1NC(=O)c1ccc(C(=O)Nc2c(F)cccc2F)cc1. The number of halogens is 2. The van der Waals surface area contributed by atoms with Gasteiger partial charge < -0.3 is 10.6 Å². The van der Waals surface area contributed by atoms with Crippen LogP contribution >= 0.6 is 0 Å². The highest BCUT2D eigenvalue weighted by Gasteiger charge is 2.14. The van der Waals surface area contributed by atoms with Crippen molar-refractivity contribution >= 4 is 23.2 Å². The number of para-hydroxylation sites is 2. The molecular formula is C22H18F2N2O2. The number of carbonyl (C=O) groups excluding carboxylic acids is 2. The molecule has 3 aromatic rings. The molecule has 0 aliphatic carbocycles. The number of amides is 2. The molecule has 0 aliphatic rings. The quantitative estimate of drug-likeness (QED) is 0.652. The summed E-state index contributed by atoms with van der Waals surface area (Å²) in [5.41, 5.74) is 1.77. The fourth-order valence-corrected chi connectivity index (χ4v) is 2.72. The van der Waals surface area contributed by atoms with Gasteiger partial charge in [0.25, 0.3) is 11.8 Å². The van der Waals surface area contributed by atoms with Crippen molar-refractivity contribution < 1.29 is 18.4 Å². The van der Waals surface area contributed by atoms with Crippen LogP contribution in [-0.2, 0) is 6.42 Å². The topological polar surface area (TPSA) is 58.2 Å². The summed E-state index contributed by atoms with van der Waals surface area (Å²) < 4.78 is 27.3. The second kappa shape index (κ2) is 8.43. The van der Waals surface area contributed by atoms with Gasteiger partial charge in [-0.25, -0.2) is 8.78 Å². The van der Waals surface area contributed by atoms with E-state index in [1.54, 1.807) is 0 Å². The number of aryl methyl sites for hydroxylation is 1. The van der Waals surface area contributed by atoms with Gasteiger partial charge in [0.15, 0.2) is 0 Å². The van der Waals surface area contributed by atoms with Gasteiger partial charge in [0.05, 0.1) is 0 Å². The summed E-state index contributed by atoms with van der Waals surface area (Å²) in [4.78, 5) is 24.7. The smallest absolute Gasteiger partial charge is 0.255 e. The van der Waals surface area contributed by atoms with Crippen molar-refractivity contribution in [1.29, 1.82) is 0 Å². The number of hydrogen-bond donors (Lipinski definition) is 2. The first kappa shape index (κ1) is 19.2. The largest absolute Gasteiger partial charge is 0.322 e. The molecule has 0 heterocycles. The normalized spacial score (nSPS) is 10.4. The minimum absolute atomic E-state index is 0.174. The summed E-state index contributed by atoms with van der Waals surface area (Å²) in [6.07, 6.45) is 0.780. The van der Waals surface area contributed by atoms with Crippen molar-refractivity contribution in [3.8, 4) is 0 Å². The van der Waals surface area contributed by atoms with Crippen LogP contribution in [0, 0.1) is 11.6 Å². The predicted octanol–water partition coefficient (Wildman–Crippen LogP) is 5.03. The minimum atomic E-state index is -0.862. The molecule has 3 rings (SSSR count). The molecule has 6 heteroatoms. The van der Waals surface area contributed by atoms with Gasteiger partial charge in [0.1, 0.15) is 17.3 Å². The fraction of sp³-hybridized carbons (Fsp3) is 0.0909. The number of carbonyl (C=O) groups is 2. The molecule has 0 radical (unpaired) electrons. The Bertz CT molecular complexity index is 997. The zero-order chi connectivity index (χ0) is 20.1. The molecule has 0 unspecified atom stereocenters. The van der Waals surface area contributed by atoms with E-state index < -0.39 is 23.2 Å². The molecule has 2 amide bonds. The molecule has 4 nitrogen and oxygen atoms in total. The lowest BCUT2D eigenvalue weighted by Gasteiger charge is -2.10. The van der Waals surface area contributed by atoms with Crippen LogP contribution in [-0.4, -0.2) is 11.8 Å². The Hall–Kier alpha value is -3.54. The lowest BCUT2D eigenvalue weighted by Crippen LogP contribution is -2.16. The Morgan fingerprint density at radius 3 is 1.86 bits per heavy atom. The summed E-state index contributed by atoms with van der Waals surface area (Å²) in [6.45, 7) is 2.00. The van der Waals surface area contributed by atoms with Crippen LogP contribution < -0.4 is 10.6 Å².